The van der Waals surface area contributed by atoms with Crippen LogP contribution in [-0.4, -0.2) is 22.9 Å². The lowest BCUT2D eigenvalue weighted by atomic mass is 10.2. The summed E-state index contributed by atoms with van der Waals surface area (Å²) in [5.41, 5.74) is 4.87. The molecule has 0 atom stereocenters. The van der Waals surface area contributed by atoms with Crippen LogP contribution in [0.5, 0.6) is 0 Å². The van der Waals surface area contributed by atoms with E-state index in [2.05, 4.69) is 45.6 Å². The number of fused-ring (bicyclic) bond motifs is 1. The van der Waals surface area contributed by atoms with Gasteiger partial charge in [-0.3, -0.25) is 4.68 Å². The highest BCUT2D eigenvalue weighted by atomic mass is 15.3. The summed E-state index contributed by atoms with van der Waals surface area (Å²) in [6.07, 6.45) is 1.16. The monoisotopic (exact) mass is 256 g/mol. The Balaban J connectivity index is 1.90. The lowest BCUT2D eigenvalue weighted by Crippen LogP contribution is -2.24. The third-order valence-corrected chi connectivity index (χ3v) is 3.62. The zero-order valence-corrected chi connectivity index (χ0v) is 11.6. The second-order valence-electron chi connectivity index (χ2n) is 5.12. The maximum Gasteiger partial charge on any atom is 0.0605 e. The Morgan fingerprint density at radius 1 is 1.32 bits per heavy atom. The van der Waals surface area contributed by atoms with Gasteiger partial charge in [0.25, 0.3) is 0 Å². The first-order valence-electron chi connectivity index (χ1n) is 6.81. The highest BCUT2D eigenvalue weighted by Gasteiger charge is 2.16. The molecule has 0 saturated carbocycles. The van der Waals surface area contributed by atoms with E-state index in [4.69, 9.17) is 0 Å². The van der Waals surface area contributed by atoms with Crippen molar-refractivity contribution in [2.75, 3.05) is 23.3 Å². The summed E-state index contributed by atoms with van der Waals surface area (Å²) in [4.78, 5) is 2.44. The molecule has 0 fully saturated rings. The first kappa shape index (κ1) is 12.1. The fourth-order valence-electron chi connectivity index (χ4n) is 2.68. The van der Waals surface area contributed by atoms with Gasteiger partial charge in [-0.25, -0.2) is 0 Å². The Kier molecular flexibility index (Phi) is 3.15. The Bertz CT molecular complexity index is 573. The lowest BCUT2D eigenvalue weighted by Gasteiger charge is -2.24. The van der Waals surface area contributed by atoms with Crippen LogP contribution in [-0.2, 0) is 13.6 Å². The van der Waals surface area contributed by atoms with Crippen LogP contribution in [0, 0.1) is 6.92 Å². The average molecular weight is 256 g/mol. The molecule has 3 rings (SSSR count). The minimum atomic E-state index is 0.913. The average Bonchev–Trinajstić information content (AvgIpc) is 2.61. The van der Waals surface area contributed by atoms with Crippen molar-refractivity contribution in [1.82, 2.24) is 9.78 Å². The van der Waals surface area contributed by atoms with Crippen molar-refractivity contribution in [3.05, 3.63) is 41.7 Å². The predicted octanol–water partition coefficient (Wildman–Crippen LogP) is 2.55. The molecule has 0 aliphatic carbocycles. The highest BCUT2D eigenvalue weighted by Crippen LogP contribution is 2.29. The second-order valence-corrected chi connectivity index (χ2v) is 5.12. The molecule has 100 valence electrons. The normalized spacial score (nSPS) is 14.7. The van der Waals surface area contributed by atoms with Crippen LogP contribution >= 0.6 is 0 Å². The van der Waals surface area contributed by atoms with Crippen molar-refractivity contribution in [3.63, 3.8) is 0 Å². The van der Waals surface area contributed by atoms with Crippen molar-refractivity contribution >= 4 is 11.4 Å². The zero-order chi connectivity index (χ0) is 13.2. The van der Waals surface area contributed by atoms with Crippen molar-refractivity contribution in [1.29, 1.82) is 0 Å². The summed E-state index contributed by atoms with van der Waals surface area (Å²) in [5.74, 6) is 0. The van der Waals surface area contributed by atoms with Crippen LogP contribution in [0.15, 0.2) is 30.3 Å². The summed E-state index contributed by atoms with van der Waals surface area (Å²) in [7, 11) is 2.02. The largest absolute Gasteiger partial charge is 0.383 e. The van der Waals surface area contributed by atoms with E-state index in [1.807, 2.05) is 18.7 Å². The molecule has 2 aromatic rings. The maximum atomic E-state index is 4.43. The van der Waals surface area contributed by atoms with Gasteiger partial charge in [-0.1, -0.05) is 12.1 Å². The number of aromatic nitrogens is 2. The number of nitrogens with zero attached hydrogens (tertiary/aromatic N) is 3. The summed E-state index contributed by atoms with van der Waals surface area (Å²) in [6, 6.07) is 10.7. The molecular weight excluding hydrogens is 236 g/mol. The number of hydrogen-bond acceptors (Lipinski definition) is 3. The molecule has 1 aliphatic rings. The molecular formula is C15H20N4. The second kappa shape index (κ2) is 4.96. The van der Waals surface area contributed by atoms with Crippen LogP contribution < -0.4 is 10.2 Å². The van der Waals surface area contributed by atoms with Crippen molar-refractivity contribution < 1.29 is 0 Å². The molecule has 1 aliphatic heterocycles. The fraction of sp³-hybridized carbons (Fsp3) is 0.400. The van der Waals surface area contributed by atoms with Crippen molar-refractivity contribution in [2.24, 2.45) is 7.05 Å². The van der Waals surface area contributed by atoms with Crippen LogP contribution in [0.2, 0.25) is 0 Å². The molecule has 0 unspecified atom stereocenters. The van der Waals surface area contributed by atoms with Crippen LogP contribution in [0.4, 0.5) is 11.4 Å². The molecule has 19 heavy (non-hydrogen) atoms. The van der Waals surface area contributed by atoms with Crippen LogP contribution in [0.1, 0.15) is 17.8 Å². The number of rotatable bonds is 2. The van der Waals surface area contributed by atoms with Gasteiger partial charge in [0.2, 0.25) is 0 Å². The van der Waals surface area contributed by atoms with Crippen molar-refractivity contribution in [2.45, 2.75) is 19.9 Å². The van der Waals surface area contributed by atoms with Gasteiger partial charge in [0.1, 0.15) is 0 Å². The summed E-state index contributed by atoms with van der Waals surface area (Å²) >= 11 is 0. The van der Waals surface area contributed by atoms with Gasteiger partial charge in [-0.15, -0.1) is 0 Å². The van der Waals surface area contributed by atoms with E-state index >= 15 is 0 Å². The molecule has 0 saturated heterocycles. The van der Waals surface area contributed by atoms with Crippen LogP contribution in [0.3, 0.4) is 0 Å². The molecule has 0 amide bonds. The SMILES string of the molecule is Cc1cc(CN2CCCNc3ccccc32)n(C)n1. The van der Waals surface area contributed by atoms with Gasteiger partial charge >= 0.3 is 0 Å². The predicted molar refractivity (Wildman–Crippen MR) is 78.5 cm³/mol. The molecule has 2 heterocycles. The van der Waals surface area contributed by atoms with Gasteiger partial charge < -0.3 is 10.2 Å². The molecule has 0 spiro atoms. The van der Waals surface area contributed by atoms with Gasteiger partial charge in [-0.05, 0) is 31.5 Å². The van der Waals surface area contributed by atoms with E-state index in [-0.39, 0.29) is 0 Å². The number of aryl methyl sites for hydroxylation is 2. The van der Waals surface area contributed by atoms with E-state index in [0.717, 1.165) is 31.7 Å². The van der Waals surface area contributed by atoms with E-state index in [1.165, 1.54) is 17.1 Å². The van der Waals surface area contributed by atoms with Crippen LogP contribution in [0.25, 0.3) is 0 Å². The lowest BCUT2D eigenvalue weighted by molar-refractivity contribution is 0.670. The molecule has 1 N–H and O–H groups in total. The fourth-order valence-corrected chi connectivity index (χ4v) is 2.68. The number of nitrogens with one attached hydrogen (secondary N) is 1. The number of hydrogen-bond donors (Lipinski definition) is 1. The molecule has 0 radical (unpaired) electrons. The smallest absolute Gasteiger partial charge is 0.0605 e. The Hall–Kier alpha value is -1.97. The molecule has 0 bridgehead atoms. The minimum absolute atomic E-state index is 0.913. The highest BCUT2D eigenvalue weighted by molar-refractivity contribution is 5.70. The molecule has 4 heteroatoms. The van der Waals surface area contributed by atoms with E-state index in [1.54, 1.807) is 0 Å². The van der Waals surface area contributed by atoms with E-state index in [9.17, 15) is 0 Å². The Morgan fingerprint density at radius 3 is 2.95 bits per heavy atom. The van der Waals surface area contributed by atoms with E-state index < -0.39 is 0 Å². The summed E-state index contributed by atoms with van der Waals surface area (Å²) in [6.45, 7) is 5.07. The van der Waals surface area contributed by atoms with Gasteiger partial charge in [0.05, 0.1) is 29.3 Å². The number of anilines is 2. The van der Waals surface area contributed by atoms with Gasteiger partial charge in [-0.2, -0.15) is 5.10 Å². The molecule has 4 nitrogen and oxygen atoms in total. The topological polar surface area (TPSA) is 33.1 Å². The number of para-hydroxylation sites is 2. The third kappa shape index (κ3) is 2.43. The minimum Gasteiger partial charge on any atom is -0.383 e. The summed E-state index contributed by atoms with van der Waals surface area (Å²) < 4.78 is 1.98. The first-order chi connectivity index (χ1) is 9.24. The quantitative estimate of drug-likeness (QED) is 0.896. The molecule has 1 aromatic heterocycles. The third-order valence-electron chi connectivity index (χ3n) is 3.62. The van der Waals surface area contributed by atoms with Gasteiger partial charge in [0, 0.05) is 20.1 Å². The Labute approximate surface area is 114 Å². The molecule has 1 aromatic carbocycles. The number of benzene rings is 1. The van der Waals surface area contributed by atoms with Gasteiger partial charge in [0.15, 0.2) is 0 Å². The zero-order valence-electron chi connectivity index (χ0n) is 11.6. The maximum absolute atomic E-state index is 4.43. The summed E-state index contributed by atoms with van der Waals surface area (Å²) in [5, 5.41) is 7.93. The first-order valence-corrected chi connectivity index (χ1v) is 6.81. The Morgan fingerprint density at radius 2 is 2.16 bits per heavy atom. The van der Waals surface area contributed by atoms with E-state index in [0.29, 0.717) is 0 Å². The van der Waals surface area contributed by atoms with Crippen molar-refractivity contribution in [3.8, 4) is 0 Å². The standard InChI is InChI=1S/C15H20N4/c1-12-10-13(18(2)17-12)11-19-9-5-8-16-14-6-3-4-7-15(14)19/h3-4,6-7,10,16H,5,8-9,11H2,1-2H3.